The molecule has 9 rings (SSSR count). The summed E-state index contributed by atoms with van der Waals surface area (Å²) in [6.07, 6.45) is 16.0. The summed E-state index contributed by atoms with van der Waals surface area (Å²) in [7, 11) is 5.78. The Morgan fingerprint density at radius 3 is 2.86 bits per heavy atom. The molecule has 5 saturated carbocycles. The third-order valence-corrected chi connectivity index (χ3v) is 17.9. The van der Waals surface area contributed by atoms with Crippen molar-refractivity contribution in [2.24, 2.45) is 51.8 Å². The normalized spacial score (nSPS) is 54.2. The largest absolute Gasteiger partial charge is 0.512 e. The number of ether oxygens (including phenoxy) is 1. The molecular weight excluding hydrogens is 575 g/mol. The Hall–Kier alpha value is -1.12. The van der Waals surface area contributed by atoms with E-state index in [2.05, 4.69) is 59.5 Å². The molecule has 0 radical (unpaired) electrons. The van der Waals surface area contributed by atoms with Gasteiger partial charge in [0.05, 0.1) is 23.8 Å². The van der Waals surface area contributed by atoms with Gasteiger partial charge in [-0.3, -0.25) is 0 Å². The number of anilines is 1. The Balaban J connectivity index is 1.15. The van der Waals surface area contributed by atoms with Gasteiger partial charge in [0, 0.05) is 29.2 Å². The summed E-state index contributed by atoms with van der Waals surface area (Å²) in [6, 6.07) is 9.14. The smallest absolute Gasteiger partial charge is 0.111 e. The van der Waals surface area contributed by atoms with Crippen molar-refractivity contribution in [3.05, 3.63) is 53.8 Å². The van der Waals surface area contributed by atoms with Gasteiger partial charge in [-0.05, 0) is 122 Å². The number of benzene rings is 1. The molecule has 7 aliphatic carbocycles. The molecule has 8 aliphatic rings. The number of rotatable bonds is 1. The first-order chi connectivity index (χ1) is 20.8. The Morgan fingerprint density at radius 2 is 2.00 bits per heavy atom. The van der Waals surface area contributed by atoms with Gasteiger partial charge in [0.2, 0.25) is 0 Å². The van der Waals surface area contributed by atoms with Crippen molar-refractivity contribution in [1.82, 2.24) is 0 Å². The lowest BCUT2D eigenvalue weighted by Crippen LogP contribution is -2.60. The third kappa shape index (κ3) is 3.30. The number of aliphatic hydroxyl groups is 3. The highest BCUT2D eigenvalue weighted by Crippen LogP contribution is 2.88. The molecule has 1 aromatic rings. The van der Waals surface area contributed by atoms with Gasteiger partial charge in [-0.25, -0.2) is 0 Å². The van der Waals surface area contributed by atoms with E-state index < -0.39 is 11.7 Å². The molecule has 7 heteroatoms. The van der Waals surface area contributed by atoms with E-state index in [0.717, 1.165) is 50.0 Å². The van der Waals surface area contributed by atoms with Crippen LogP contribution in [0.2, 0.25) is 0 Å². The first-order valence-corrected chi connectivity index (χ1v) is 19.3. The van der Waals surface area contributed by atoms with Crippen LogP contribution in [-0.2, 0) is 11.2 Å². The quantitative estimate of drug-likeness (QED) is 0.204. The first-order valence-electron chi connectivity index (χ1n) is 16.9. The Bertz CT molecular complexity index is 1380. The van der Waals surface area contributed by atoms with E-state index in [4.69, 9.17) is 4.74 Å². The second kappa shape index (κ2) is 9.47. The summed E-state index contributed by atoms with van der Waals surface area (Å²) in [6.45, 7) is 2.57. The van der Waals surface area contributed by atoms with Gasteiger partial charge in [0.15, 0.2) is 0 Å². The molecule has 5 nitrogen and oxygen atoms in total. The Morgan fingerprint density at radius 1 is 1.12 bits per heavy atom. The summed E-state index contributed by atoms with van der Waals surface area (Å²) in [5, 5.41) is 39.5. The highest BCUT2D eigenvalue weighted by Gasteiger charge is 2.88. The van der Waals surface area contributed by atoms with E-state index >= 15 is 0 Å². The van der Waals surface area contributed by atoms with Gasteiger partial charge < -0.3 is 25.4 Å². The van der Waals surface area contributed by atoms with Crippen molar-refractivity contribution in [2.75, 3.05) is 18.2 Å². The summed E-state index contributed by atoms with van der Waals surface area (Å²) in [4.78, 5) is 0. The minimum absolute atomic E-state index is 0.0593. The average Bonchev–Trinajstić information content (AvgIpc) is 3.53. The summed E-state index contributed by atoms with van der Waals surface area (Å²) >= 11 is 0. The highest BCUT2D eigenvalue weighted by molar-refractivity contribution is 8.77. The fourth-order valence-corrected chi connectivity index (χ4v) is 16.8. The lowest BCUT2D eigenvalue weighted by molar-refractivity contribution is -0.189. The van der Waals surface area contributed by atoms with Crippen molar-refractivity contribution in [3.63, 3.8) is 0 Å². The lowest BCUT2D eigenvalue weighted by Gasteiger charge is -2.58. The second-order valence-electron chi connectivity index (χ2n) is 15.8. The topological polar surface area (TPSA) is 82.0 Å². The highest BCUT2D eigenvalue weighted by atomic mass is 33.1. The number of hydrogen-bond acceptors (Lipinski definition) is 7. The molecule has 0 aromatic heterocycles. The second-order valence-corrected chi connectivity index (χ2v) is 18.4. The third-order valence-electron chi connectivity index (χ3n) is 14.9. The van der Waals surface area contributed by atoms with Crippen molar-refractivity contribution >= 4 is 27.3 Å². The molecule has 232 valence electrons. The summed E-state index contributed by atoms with van der Waals surface area (Å²) in [5.41, 5.74) is 1.25. The number of allylic oxidation sites excluding steroid dienone is 2. The standard InChI is InChI=1S/C36H47NO4S2/c1-33-30-21-11-13-34(33)17-22-19-42-43-28-10-4-9-26(38)32(28)37-23-7-3-6-20(14-23)15-24(22)25(34)8-5-12-35(33,18-21)36(40)29(41-2)16-27(39)31(30)36/h3,5-8,14,16,21-22,24-26,28-32,37-40H,4,9-13,15,17-19H2,1-2H3/t21-,22+,24+,25+,26+,28+,29-,30-,31-,32-,33+,34-,35-,36+/m0/s1. The van der Waals surface area contributed by atoms with Gasteiger partial charge in [0.1, 0.15) is 11.7 Å². The molecule has 0 amide bonds. The van der Waals surface area contributed by atoms with Crippen molar-refractivity contribution < 1.29 is 20.1 Å². The van der Waals surface area contributed by atoms with Crippen LogP contribution in [0, 0.1) is 51.8 Å². The van der Waals surface area contributed by atoms with E-state index in [0.29, 0.717) is 40.6 Å². The average molecular weight is 622 g/mol. The number of methoxy groups -OCH3 is 1. The molecular formula is C36H47NO4S2. The SMILES string of the molecule is CO[C@H]1C=C(O)[C@H]2[C@@H]3[C@H]4CC[C@]56C[C@@H]7CSS[C@@H]8CCC[C@@H](O)[C@@H]8Nc8cccc(c8)C[C@H]7[C@H]5C=CC[C@@](C4)([C@@]12O)[C@]36C. The van der Waals surface area contributed by atoms with Crippen LogP contribution in [0.3, 0.4) is 0 Å². The van der Waals surface area contributed by atoms with Crippen LogP contribution in [0.4, 0.5) is 5.69 Å². The molecule has 6 bridgehead atoms. The molecule has 1 heterocycles. The maximum atomic E-state index is 12.9. The fourth-order valence-electron chi connectivity index (χ4n) is 13.5. The van der Waals surface area contributed by atoms with Gasteiger partial charge in [0.25, 0.3) is 0 Å². The van der Waals surface area contributed by atoms with E-state index in [-0.39, 0.29) is 34.3 Å². The molecule has 43 heavy (non-hydrogen) atoms. The minimum atomic E-state index is -1.05. The number of fused-ring (bicyclic) bond motifs is 6. The molecule has 14 atom stereocenters. The molecule has 5 fully saturated rings. The molecule has 0 saturated heterocycles. The summed E-state index contributed by atoms with van der Waals surface area (Å²) in [5.74, 6) is 3.79. The predicted molar refractivity (Wildman–Crippen MR) is 174 cm³/mol. The van der Waals surface area contributed by atoms with Crippen LogP contribution < -0.4 is 5.32 Å². The lowest BCUT2D eigenvalue weighted by atomic mass is 9.45. The summed E-state index contributed by atoms with van der Waals surface area (Å²) < 4.78 is 6.00. The van der Waals surface area contributed by atoms with Gasteiger partial charge >= 0.3 is 0 Å². The number of nitrogens with one attached hydrogen (secondary N) is 1. The van der Waals surface area contributed by atoms with Crippen LogP contribution >= 0.6 is 21.6 Å². The minimum Gasteiger partial charge on any atom is -0.512 e. The van der Waals surface area contributed by atoms with Crippen LogP contribution in [-0.4, -0.2) is 57.3 Å². The molecule has 1 aliphatic heterocycles. The zero-order chi connectivity index (χ0) is 29.4. The number of aliphatic hydroxyl groups excluding tert-OH is 2. The monoisotopic (exact) mass is 621 g/mol. The van der Waals surface area contributed by atoms with Gasteiger partial charge in [-0.1, -0.05) is 52.8 Å². The van der Waals surface area contributed by atoms with Crippen molar-refractivity contribution in [3.8, 4) is 0 Å². The van der Waals surface area contributed by atoms with Gasteiger partial charge in [-0.2, -0.15) is 0 Å². The van der Waals surface area contributed by atoms with Crippen molar-refractivity contribution in [2.45, 2.75) is 93.8 Å². The first kappa shape index (κ1) is 28.1. The van der Waals surface area contributed by atoms with E-state index in [9.17, 15) is 15.3 Å². The van der Waals surface area contributed by atoms with Crippen LogP contribution in [0.15, 0.2) is 48.3 Å². The fraction of sp³-hybridized carbons (Fsp3) is 0.722. The van der Waals surface area contributed by atoms with Crippen molar-refractivity contribution in [1.29, 1.82) is 0 Å². The van der Waals surface area contributed by atoms with Crippen LogP contribution in [0.1, 0.15) is 63.9 Å². The van der Waals surface area contributed by atoms with E-state index in [1.165, 1.54) is 24.8 Å². The van der Waals surface area contributed by atoms with E-state index in [1.54, 1.807) is 7.11 Å². The van der Waals surface area contributed by atoms with Crippen LogP contribution in [0.5, 0.6) is 0 Å². The molecule has 1 aromatic carbocycles. The maximum absolute atomic E-state index is 12.9. The zero-order valence-corrected chi connectivity index (χ0v) is 27.1. The molecule has 0 unspecified atom stereocenters. The van der Waals surface area contributed by atoms with E-state index in [1.807, 2.05) is 16.9 Å². The van der Waals surface area contributed by atoms with Gasteiger partial charge in [-0.15, -0.1) is 0 Å². The predicted octanol–water partition coefficient (Wildman–Crippen LogP) is 6.77. The molecule has 1 spiro atoms. The molecule has 4 N–H and O–H groups in total. The Labute approximate surface area is 264 Å². The van der Waals surface area contributed by atoms with Crippen LogP contribution in [0.25, 0.3) is 0 Å². The number of hydrogen-bond donors (Lipinski definition) is 4. The Kier molecular flexibility index (Phi) is 6.19. The maximum Gasteiger partial charge on any atom is 0.111 e. The zero-order valence-electron chi connectivity index (χ0n) is 25.5.